The number of aromatic nitrogens is 1. The summed E-state index contributed by atoms with van der Waals surface area (Å²) in [6, 6.07) is 30.4. The van der Waals surface area contributed by atoms with E-state index in [1.165, 1.54) is 12.1 Å². The van der Waals surface area contributed by atoms with Crippen molar-refractivity contribution in [2.75, 3.05) is 4.90 Å². The van der Waals surface area contributed by atoms with Crippen LogP contribution in [0.5, 0.6) is 11.5 Å². The summed E-state index contributed by atoms with van der Waals surface area (Å²) < 4.78 is 12.3. The average Bonchev–Trinajstić information content (AvgIpc) is 3.59. The van der Waals surface area contributed by atoms with Crippen LogP contribution in [0.1, 0.15) is 33.9 Å². The van der Waals surface area contributed by atoms with E-state index in [0.717, 1.165) is 17.1 Å². The first-order valence-electron chi connectivity index (χ1n) is 12.4. The largest absolute Gasteiger partial charge is 0.478 e. The van der Waals surface area contributed by atoms with Gasteiger partial charge in [-0.25, -0.2) is 4.79 Å². The van der Waals surface area contributed by atoms with Crippen molar-refractivity contribution in [3.05, 3.63) is 131 Å². The number of para-hydroxylation sites is 1. The number of nitrogens with one attached hydrogen (secondary N) is 1. The van der Waals surface area contributed by atoms with Crippen molar-refractivity contribution in [3.63, 3.8) is 0 Å². The number of carboxylic acid groups (broad SMARTS) is 1. The van der Waals surface area contributed by atoms with E-state index in [9.17, 15) is 9.90 Å². The average molecular weight is 568 g/mol. The van der Waals surface area contributed by atoms with Gasteiger partial charge >= 0.3 is 5.97 Å². The lowest BCUT2D eigenvalue weighted by molar-refractivity contribution is 0.0697. The molecule has 7 nitrogen and oxygen atoms in total. The molecule has 1 saturated heterocycles. The van der Waals surface area contributed by atoms with Crippen molar-refractivity contribution in [1.82, 2.24) is 10.3 Å². The summed E-state index contributed by atoms with van der Waals surface area (Å²) in [5.41, 5.74) is 2.24. The Labute approximate surface area is 240 Å². The van der Waals surface area contributed by atoms with Crippen LogP contribution in [0.3, 0.4) is 0 Å². The minimum absolute atomic E-state index is 0.117. The molecule has 2 aromatic heterocycles. The van der Waals surface area contributed by atoms with Gasteiger partial charge in [0.25, 0.3) is 0 Å². The highest BCUT2D eigenvalue weighted by Gasteiger charge is 2.42. The summed E-state index contributed by atoms with van der Waals surface area (Å²) in [6.45, 7) is 0. The number of hydrogen-bond donors (Lipinski definition) is 2. The Kier molecular flexibility index (Phi) is 6.94. The second-order valence-electron chi connectivity index (χ2n) is 9.11. The van der Waals surface area contributed by atoms with Gasteiger partial charge in [-0.1, -0.05) is 35.9 Å². The summed E-state index contributed by atoms with van der Waals surface area (Å²) >= 11 is 12.2. The molecular formula is C31H22ClN3O4S. The van der Waals surface area contributed by atoms with Crippen molar-refractivity contribution in [2.45, 2.75) is 12.1 Å². The summed E-state index contributed by atoms with van der Waals surface area (Å²) in [5.74, 6) is 1.46. The zero-order valence-corrected chi connectivity index (χ0v) is 22.5. The van der Waals surface area contributed by atoms with E-state index < -0.39 is 12.0 Å². The molecule has 3 aromatic carbocycles. The number of hydrogen-bond acceptors (Lipinski definition) is 5. The number of halogens is 1. The molecule has 9 heteroatoms. The van der Waals surface area contributed by atoms with Crippen LogP contribution in [0.25, 0.3) is 11.3 Å². The number of carbonyl (C=O) groups is 1. The SMILES string of the molecule is O=C(O)c1ccc(Cl)c(-c2ccc([C@H]3[C@H](c4ccccn4)NC(=S)N3c3ccc(Oc4ccccc4)cc3)o2)c1. The molecule has 2 atom stereocenters. The molecule has 0 saturated carbocycles. The van der Waals surface area contributed by atoms with Crippen LogP contribution in [0, 0.1) is 0 Å². The Bertz CT molecular complexity index is 1680. The molecule has 40 heavy (non-hydrogen) atoms. The maximum atomic E-state index is 11.6. The fourth-order valence-corrected chi connectivity index (χ4v) is 5.28. The molecule has 6 rings (SSSR count). The smallest absolute Gasteiger partial charge is 0.335 e. The lowest BCUT2D eigenvalue weighted by Crippen LogP contribution is -2.29. The van der Waals surface area contributed by atoms with E-state index in [2.05, 4.69) is 10.3 Å². The maximum absolute atomic E-state index is 11.6. The van der Waals surface area contributed by atoms with Gasteiger partial charge in [-0.15, -0.1) is 0 Å². The van der Waals surface area contributed by atoms with Crippen LogP contribution >= 0.6 is 23.8 Å². The number of benzene rings is 3. The summed E-state index contributed by atoms with van der Waals surface area (Å²) in [4.78, 5) is 18.1. The Morgan fingerprint density at radius 2 is 1.70 bits per heavy atom. The van der Waals surface area contributed by atoms with Crippen molar-refractivity contribution in [1.29, 1.82) is 0 Å². The number of rotatable bonds is 7. The van der Waals surface area contributed by atoms with E-state index in [-0.39, 0.29) is 11.6 Å². The summed E-state index contributed by atoms with van der Waals surface area (Å²) in [6.07, 6.45) is 1.74. The fourth-order valence-electron chi connectivity index (χ4n) is 4.72. The molecule has 1 aliphatic rings. The Hall–Kier alpha value is -4.66. The second-order valence-corrected chi connectivity index (χ2v) is 9.90. The molecule has 0 amide bonds. The number of ether oxygens (including phenoxy) is 1. The summed E-state index contributed by atoms with van der Waals surface area (Å²) in [5, 5.41) is 13.8. The molecule has 5 aromatic rings. The predicted molar refractivity (Wildman–Crippen MR) is 157 cm³/mol. The van der Waals surface area contributed by atoms with E-state index >= 15 is 0 Å². The number of thiocarbonyl (C=S) groups is 1. The first kappa shape index (κ1) is 25.6. The predicted octanol–water partition coefficient (Wildman–Crippen LogP) is 7.66. The number of carboxylic acids is 1. The Balaban J connectivity index is 1.38. The minimum Gasteiger partial charge on any atom is -0.478 e. The highest BCUT2D eigenvalue weighted by Crippen LogP contribution is 2.44. The van der Waals surface area contributed by atoms with Gasteiger partial charge < -0.3 is 24.5 Å². The van der Waals surface area contributed by atoms with Gasteiger partial charge in [-0.2, -0.15) is 0 Å². The second kappa shape index (κ2) is 10.8. The van der Waals surface area contributed by atoms with Gasteiger partial charge in [0.1, 0.15) is 29.1 Å². The van der Waals surface area contributed by atoms with Crippen molar-refractivity contribution in [3.8, 4) is 22.8 Å². The van der Waals surface area contributed by atoms with Crippen LogP contribution in [0.15, 0.2) is 114 Å². The molecule has 0 bridgehead atoms. The molecule has 0 radical (unpaired) electrons. The molecule has 0 unspecified atom stereocenters. The molecule has 0 spiro atoms. The lowest BCUT2D eigenvalue weighted by atomic mass is 10.0. The zero-order valence-electron chi connectivity index (χ0n) is 20.9. The van der Waals surface area contributed by atoms with E-state index in [0.29, 0.717) is 33.0 Å². The number of aromatic carboxylic acids is 1. The molecule has 1 fully saturated rings. The van der Waals surface area contributed by atoms with Crippen LogP contribution in [0.2, 0.25) is 5.02 Å². The van der Waals surface area contributed by atoms with Crippen LogP contribution in [0.4, 0.5) is 5.69 Å². The van der Waals surface area contributed by atoms with Gasteiger partial charge in [0.2, 0.25) is 0 Å². The van der Waals surface area contributed by atoms with Gasteiger partial charge in [-0.05, 0) is 91.1 Å². The third-order valence-corrected chi connectivity index (χ3v) is 7.23. The van der Waals surface area contributed by atoms with Crippen LogP contribution in [-0.2, 0) is 0 Å². The molecule has 3 heterocycles. The van der Waals surface area contributed by atoms with E-state index in [4.69, 9.17) is 33.0 Å². The van der Waals surface area contributed by atoms with Gasteiger partial charge in [-0.3, -0.25) is 4.98 Å². The van der Waals surface area contributed by atoms with Crippen LogP contribution < -0.4 is 15.0 Å². The zero-order chi connectivity index (χ0) is 27.6. The number of nitrogens with zero attached hydrogens (tertiary/aromatic N) is 2. The van der Waals surface area contributed by atoms with Crippen molar-refractivity contribution >= 4 is 40.6 Å². The standard InChI is InChI=1S/C31H22ClN3O4S/c32-24-14-9-19(30(36)37)18-23(24)26-15-16-27(39-26)29-28(25-8-4-5-17-33-25)34-31(40)35(29)20-10-12-22(13-11-20)38-21-6-2-1-3-7-21/h1-18,28-29H,(H,34,40)(H,36,37)/t28-,29-/m0/s1. The van der Waals surface area contributed by atoms with Gasteiger partial charge in [0, 0.05) is 17.4 Å². The highest BCUT2D eigenvalue weighted by molar-refractivity contribution is 7.80. The molecule has 0 aliphatic carbocycles. The number of furan rings is 1. The number of pyridine rings is 1. The van der Waals surface area contributed by atoms with E-state index in [1.807, 2.05) is 83.8 Å². The molecule has 2 N–H and O–H groups in total. The van der Waals surface area contributed by atoms with Crippen LogP contribution in [-0.4, -0.2) is 21.2 Å². The first-order valence-corrected chi connectivity index (χ1v) is 13.2. The fraction of sp³-hybridized carbons (Fsp3) is 0.0645. The minimum atomic E-state index is -1.05. The lowest BCUT2D eigenvalue weighted by Gasteiger charge is -2.26. The topological polar surface area (TPSA) is 87.8 Å². The summed E-state index contributed by atoms with van der Waals surface area (Å²) in [7, 11) is 0. The van der Waals surface area contributed by atoms with Crippen molar-refractivity contribution < 1.29 is 19.1 Å². The van der Waals surface area contributed by atoms with Gasteiger partial charge in [0.15, 0.2) is 5.11 Å². The highest BCUT2D eigenvalue weighted by atomic mass is 35.5. The van der Waals surface area contributed by atoms with Crippen molar-refractivity contribution in [2.24, 2.45) is 0 Å². The third kappa shape index (κ3) is 5.02. The molecule has 198 valence electrons. The van der Waals surface area contributed by atoms with E-state index in [1.54, 1.807) is 18.3 Å². The third-order valence-electron chi connectivity index (χ3n) is 6.59. The number of anilines is 1. The normalized spacial score (nSPS) is 16.5. The molecular weight excluding hydrogens is 546 g/mol. The Morgan fingerprint density at radius 3 is 2.42 bits per heavy atom. The first-order chi connectivity index (χ1) is 19.5. The van der Waals surface area contributed by atoms with Gasteiger partial charge in [0.05, 0.1) is 22.3 Å². The molecule has 1 aliphatic heterocycles. The quantitative estimate of drug-likeness (QED) is 0.194. The Morgan fingerprint density at radius 1 is 0.950 bits per heavy atom. The monoisotopic (exact) mass is 567 g/mol. The maximum Gasteiger partial charge on any atom is 0.335 e.